The summed E-state index contributed by atoms with van der Waals surface area (Å²) in [6, 6.07) is 8.33. The van der Waals surface area contributed by atoms with Crippen molar-refractivity contribution in [1.29, 1.82) is 0 Å². The van der Waals surface area contributed by atoms with Gasteiger partial charge >= 0.3 is 0 Å². The van der Waals surface area contributed by atoms with Crippen LogP contribution in [0.5, 0.6) is 5.75 Å². The second kappa shape index (κ2) is 8.66. The molecule has 8 nitrogen and oxygen atoms in total. The lowest BCUT2D eigenvalue weighted by atomic mass is 10.1. The van der Waals surface area contributed by atoms with E-state index in [1.54, 1.807) is 36.0 Å². The first kappa shape index (κ1) is 22.8. The van der Waals surface area contributed by atoms with Gasteiger partial charge in [-0.3, -0.25) is 19.3 Å². The van der Waals surface area contributed by atoms with Gasteiger partial charge in [-0.1, -0.05) is 0 Å². The van der Waals surface area contributed by atoms with Crippen LogP contribution >= 0.6 is 0 Å². The van der Waals surface area contributed by atoms with Gasteiger partial charge in [-0.15, -0.1) is 0 Å². The topological polar surface area (TPSA) is 109 Å². The Labute approximate surface area is 201 Å². The van der Waals surface area contributed by atoms with Crippen molar-refractivity contribution in [2.45, 2.75) is 45.8 Å². The molecule has 5 rings (SSSR count). The van der Waals surface area contributed by atoms with Crippen LogP contribution < -0.4 is 16.0 Å². The van der Waals surface area contributed by atoms with Crippen molar-refractivity contribution in [3.05, 3.63) is 93.4 Å². The van der Waals surface area contributed by atoms with E-state index in [-0.39, 0.29) is 12.2 Å². The molecule has 0 radical (unpaired) electrons. The lowest BCUT2D eigenvalue weighted by Crippen LogP contribution is -2.24. The molecule has 1 fully saturated rings. The minimum absolute atomic E-state index is 0.126. The highest BCUT2D eigenvalue weighted by molar-refractivity contribution is 5.59. The Kier molecular flexibility index (Phi) is 5.64. The van der Waals surface area contributed by atoms with E-state index < -0.39 is 11.4 Å². The van der Waals surface area contributed by atoms with Gasteiger partial charge in [0.15, 0.2) is 0 Å². The lowest BCUT2D eigenvalue weighted by Gasteiger charge is -2.17. The Morgan fingerprint density at radius 2 is 1.86 bits per heavy atom. The zero-order chi connectivity index (χ0) is 24.7. The van der Waals surface area contributed by atoms with Crippen LogP contribution in [0.3, 0.4) is 0 Å². The monoisotopic (exact) mass is 472 g/mol. The first-order valence-corrected chi connectivity index (χ1v) is 11.3. The number of nitrogens with zero attached hydrogens (tertiary/aromatic N) is 5. The summed E-state index contributed by atoms with van der Waals surface area (Å²) >= 11 is 0. The number of halogens is 1. The molecule has 35 heavy (non-hydrogen) atoms. The van der Waals surface area contributed by atoms with Crippen molar-refractivity contribution in [1.82, 2.24) is 24.5 Å². The summed E-state index contributed by atoms with van der Waals surface area (Å²) in [4.78, 5) is 30.9. The standard InChI is InChI=1S/C26H25FN6O2/c1-15-12-31-21(20-6-9-29-25(32-20)26(28)7-8-26)11-22(15)33-16(2)10-23(17(3)24(33)34)35-14-19-5-4-18(27)13-30-19/h4-6,9-13H,7-8,14,28H2,1-3H3. The predicted octanol–water partition coefficient (Wildman–Crippen LogP) is 3.68. The molecular formula is C26H25FN6O2. The molecule has 1 aliphatic carbocycles. The second-order valence-corrected chi connectivity index (χ2v) is 8.95. The lowest BCUT2D eigenvalue weighted by molar-refractivity contribution is 0.297. The van der Waals surface area contributed by atoms with E-state index in [0.29, 0.717) is 45.6 Å². The van der Waals surface area contributed by atoms with Gasteiger partial charge in [0.05, 0.1) is 40.1 Å². The van der Waals surface area contributed by atoms with E-state index in [1.807, 2.05) is 26.0 Å². The summed E-state index contributed by atoms with van der Waals surface area (Å²) < 4.78 is 20.6. The van der Waals surface area contributed by atoms with E-state index in [4.69, 9.17) is 10.5 Å². The largest absolute Gasteiger partial charge is 0.487 e. The minimum Gasteiger partial charge on any atom is -0.487 e. The maximum atomic E-state index is 13.4. The molecule has 1 saturated carbocycles. The number of hydrogen-bond acceptors (Lipinski definition) is 7. The minimum atomic E-state index is -0.451. The third-order valence-corrected chi connectivity index (χ3v) is 6.22. The fraction of sp³-hybridized carbons (Fsp3) is 0.269. The van der Waals surface area contributed by atoms with Crippen LogP contribution in [-0.2, 0) is 12.1 Å². The van der Waals surface area contributed by atoms with Crippen LogP contribution in [0.15, 0.2) is 53.7 Å². The molecule has 0 aliphatic heterocycles. The molecule has 0 amide bonds. The van der Waals surface area contributed by atoms with Gasteiger partial charge in [0, 0.05) is 24.2 Å². The average Bonchev–Trinajstić information content (AvgIpc) is 3.61. The molecule has 0 saturated heterocycles. The summed E-state index contributed by atoms with van der Waals surface area (Å²) in [5.41, 5.74) is 10.2. The van der Waals surface area contributed by atoms with Crippen molar-refractivity contribution in [3.63, 3.8) is 0 Å². The Morgan fingerprint density at radius 3 is 2.57 bits per heavy atom. The van der Waals surface area contributed by atoms with E-state index in [1.165, 1.54) is 6.07 Å². The molecule has 4 aromatic rings. The molecular weight excluding hydrogens is 447 g/mol. The zero-order valence-corrected chi connectivity index (χ0v) is 19.7. The SMILES string of the molecule is Cc1cnc(-c2ccnc(C3(N)CC3)n2)cc1-n1c(C)cc(OCc2ccc(F)cn2)c(C)c1=O. The van der Waals surface area contributed by atoms with Gasteiger partial charge in [0.1, 0.15) is 24.0 Å². The third kappa shape index (κ3) is 4.42. The van der Waals surface area contributed by atoms with E-state index in [0.717, 1.165) is 24.6 Å². The number of nitrogens with two attached hydrogens (primary N) is 1. The van der Waals surface area contributed by atoms with Crippen molar-refractivity contribution in [2.24, 2.45) is 5.73 Å². The Bertz CT molecular complexity index is 1480. The van der Waals surface area contributed by atoms with Crippen LogP contribution in [0.2, 0.25) is 0 Å². The highest BCUT2D eigenvalue weighted by Crippen LogP contribution is 2.41. The molecule has 4 aromatic heterocycles. The molecule has 2 N–H and O–H groups in total. The Hall–Kier alpha value is -3.98. The molecule has 0 spiro atoms. The number of aromatic nitrogens is 5. The smallest absolute Gasteiger partial charge is 0.261 e. The third-order valence-electron chi connectivity index (χ3n) is 6.22. The number of ether oxygens (including phenoxy) is 1. The summed E-state index contributed by atoms with van der Waals surface area (Å²) in [6.45, 7) is 5.59. The summed E-state index contributed by atoms with van der Waals surface area (Å²) in [5.74, 6) is 0.656. The van der Waals surface area contributed by atoms with Gasteiger partial charge in [-0.05, 0) is 63.4 Å². The first-order valence-electron chi connectivity index (χ1n) is 11.3. The molecule has 9 heteroatoms. The average molecular weight is 473 g/mol. The number of rotatable bonds is 6. The second-order valence-electron chi connectivity index (χ2n) is 8.95. The highest BCUT2D eigenvalue weighted by Gasteiger charge is 2.43. The van der Waals surface area contributed by atoms with Crippen LogP contribution in [0.4, 0.5) is 4.39 Å². The first-order chi connectivity index (χ1) is 16.7. The fourth-order valence-corrected chi connectivity index (χ4v) is 3.88. The van der Waals surface area contributed by atoms with Crippen molar-refractivity contribution < 1.29 is 9.13 Å². The number of hydrogen-bond donors (Lipinski definition) is 1. The quantitative estimate of drug-likeness (QED) is 0.456. The van der Waals surface area contributed by atoms with Gasteiger partial charge in [-0.2, -0.15) is 0 Å². The maximum Gasteiger partial charge on any atom is 0.261 e. The van der Waals surface area contributed by atoms with Crippen molar-refractivity contribution in [2.75, 3.05) is 0 Å². The van der Waals surface area contributed by atoms with Gasteiger partial charge < -0.3 is 10.5 Å². The molecule has 4 heterocycles. The molecule has 0 atom stereocenters. The Morgan fingerprint density at radius 1 is 1.06 bits per heavy atom. The van der Waals surface area contributed by atoms with Crippen LogP contribution in [0.1, 0.15) is 41.2 Å². The van der Waals surface area contributed by atoms with E-state index >= 15 is 0 Å². The van der Waals surface area contributed by atoms with Crippen LogP contribution in [-0.4, -0.2) is 24.5 Å². The van der Waals surface area contributed by atoms with Crippen LogP contribution in [0.25, 0.3) is 17.1 Å². The van der Waals surface area contributed by atoms with Gasteiger partial charge in [-0.25, -0.2) is 14.4 Å². The Balaban J connectivity index is 1.49. The molecule has 0 bridgehead atoms. The molecule has 1 aliphatic rings. The summed E-state index contributed by atoms with van der Waals surface area (Å²) in [5, 5.41) is 0. The normalized spacial score (nSPS) is 14.1. The van der Waals surface area contributed by atoms with E-state index in [9.17, 15) is 9.18 Å². The van der Waals surface area contributed by atoms with Crippen molar-refractivity contribution in [3.8, 4) is 22.8 Å². The predicted molar refractivity (Wildman–Crippen MR) is 129 cm³/mol. The molecule has 178 valence electrons. The van der Waals surface area contributed by atoms with Crippen molar-refractivity contribution >= 4 is 0 Å². The highest BCUT2D eigenvalue weighted by atomic mass is 19.1. The van der Waals surface area contributed by atoms with E-state index in [2.05, 4.69) is 19.9 Å². The maximum absolute atomic E-state index is 13.4. The number of pyridine rings is 3. The number of aryl methyl sites for hydroxylation is 2. The summed E-state index contributed by atoms with van der Waals surface area (Å²) in [7, 11) is 0. The van der Waals surface area contributed by atoms with Gasteiger partial charge in [0.25, 0.3) is 5.56 Å². The summed E-state index contributed by atoms with van der Waals surface area (Å²) in [6.07, 6.45) is 6.28. The molecule has 0 unspecified atom stereocenters. The van der Waals surface area contributed by atoms with Gasteiger partial charge in [0.2, 0.25) is 0 Å². The van der Waals surface area contributed by atoms with Crippen LogP contribution in [0, 0.1) is 26.6 Å². The molecule has 0 aromatic carbocycles. The fourth-order valence-electron chi connectivity index (χ4n) is 3.88. The zero-order valence-electron chi connectivity index (χ0n) is 19.7.